The highest BCUT2D eigenvalue weighted by Crippen LogP contribution is 2.42. The highest BCUT2D eigenvalue weighted by Gasteiger charge is 2.23. The fourth-order valence-corrected chi connectivity index (χ4v) is 11.1. The van der Waals surface area contributed by atoms with Gasteiger partial charge in [-0.15, -0.1) is 0 Å². The fourth-order valence-electron chi connectivity index (χ4n) is 11.1. The average Bonchev–Trinajstić information content (AvgIpc) is 4.17. The van der Waals surface area contributed by atoms with Crippen molar-refractivity contribution >= 4 is 87.5 Å². The van der Waals surface area contributed by atoms with Gasteiger partial charge in [-0.1, -0.05) is 152 Å². The Morgan fingerprint density at radius 1 is 0.286 bits per heavy atom. The summed E-state index contributed by atoms with van der Waals surface area (Å²) in [6.07, 6.45) is 0. The summed E-state index contributed by atoms with van der Waals surface area (Å²) in [5, 5.41) is 8.96. The zero-order valence-corrected chi connectivity index (χ0v) is 37.7. The minimum atomic E-state index is 0.538. The third kappa shape index (κ3) is 5.74. The molecule has 5 aromatic heterocycles. The van der Waals surface area contributed by atoms with Gasteiger partial charge < -0.3 is 13.6 Å². The lowest BCUT2D eigenvalue weighted by atomic mass is 10.0. The van der Waals surface area contributed by atoms with E-state index in [0.717, 1.165) is 83.0 Å². The van der Waals surface area contributed by atoms with Gasteiger partial charge in [0.25, 0.3) is 0 Å². The molecule has 15 rings (SSSR count). The van der Waals surface area contributed by atoms with Crippen molar-refractivity contribution in [3.8, 4) is 50.8 Å². The number of furan rings is 1. The predicted molar refractivity (Wildman–Crippen MR) is 289 cm³/mol. The minimum absolute atomic E-state index is 0.538. The van der Waals surface area contributed by atoms with Gasteiger partial charge in [0.2, 0.25) is 11.7 Å². The van der Waals surface area contributed by atoms with E-state index < -0.39 is 0 Å². The van der Waals surface area contributed by atoms with Gasteiger partial charge in [-0.2, -0.15) is 4.98 Å². The van der Waals surface area contributed by atoms with Crippen LogP contribution in [0.15, 0.2) is 241 Å². The molecule has 0 N–H and O–H groups in total. The Morgan fingerprint density at radius 3 is 1.30 bits per heavy atom. The lowest BCUT2D eigenvalue weighted by Crippen LogP contribution is -2.02. The highest BCUT2D eigenvalue weighted by molar-refractivity contribution is 6.15. The summed E-state index contributed by atoms with van der Waals surface area (Å²) in [5.41, 5.74) is 16.7. The Kier molecular flexibility index (Phi) is 8.26. The molecule has 15 aromatic rings. The lowest BCUT2D eigenvalue weighted by Gasteiger charge is -2.11. The van der Waals surface area contributed by atoms with Crippen molar-refractivity contribution in [1.29, 1.82) is 0 Å². The van der Waals surface area contributed by atoms with E-state index in [1.54, 1.807) is 0 Å². The normalized spacial score (nSPS) is 12.0. The number of hydrogen-bond donors (Lipinski definition) is 0. The van der Waals surface area contributed by atoms with Gasteiger partial charge >= 0.3 is 0 Å². The van der Waals surface area contributed by atoms with Crippen molar-refractivity contribution in [2.45, 2.75) is 0 Å². The van der Waals surface area contributed by atoms with Crippen LogP contribution in [0, 0.1) is 0 Å². The number of hydrogen-bond acceptors (Lipinski definition) is 3. The molecule has 0 saturated carbocycles. The summed E-state index contributed by atoms with van der Waals surface area (Å²) in [5.74, 6) is 0.552. The summed E-state index contributed by atoms with van der Waals surface area (Å²) in [7, 11) is 0. The summed E-state index contributed by atoms with van der Waals surface area (Å²) < 4.78 is 13.7. The second-order valence-corrected chi connectivity index (χ2v) is 18.2. The fraction of sp³-hybridized carbons (Fsp3) is 0. The third-order valence-electron chi connectivity index (χ3n) is 14.3. The predicted octanol–water partition coefficient (Wildman–Crippen LogP) is 16.7. The van der Waals surface area contributed by atoms with Crippen LogP contribution in [-0.2, 0) is 0 Å². The minimum Gasteiger partial charge on any atom is -0.437 e. The van der Waals surface area contributed by atoms with Crippen molar-refractivity contribution in [1.82, 2.24) is 23.7 Å². The summed E-state index contributed by atoms with van der Waals surface area (Å²) >= 11 is 0. The number of para-hydroxylation sites is 4. The second kappa shape index (κ2) is 15.0. The lowest BCUT2D eigenvalue weighted by molar-refractivity contribution is 0.651. The van der Waals surface area contributed by atoms with Crippen LogP contribution in [0.4, 0.5) is 0 Å². The van der Waals surface area contributed by atoms with Gasteiger partial charge in [0.05, 0.1) is 44.2 Å². The van der Waals surface area contributed by atoms with Crippen LogP contribution in [0.1, 0.15) is 0 Å². The zero-order chi connectivity index (χ0) is 45.9. The monoisotopic (exact) mass is 893 g/mol. The van der Waals surface area contributed by atoms with Crippen LogP contribution in [0.2, 0.25) is 0 Å². The zero-order valence-electron chi connectivity index (χ0n) is 37.7. The summed E-state index contributed by atoms with van der Waals surface area (Å²) in [6, 6.07) is 84.4. The molecule has 0 fully saturated rings. The first-order valence-electron chi connectivity index (χ1n) is 23.7. The van der Waals surface area contributed by atoms with E-state index in [4.69, 9.17) is 14.4 Å². The molecule has 0 atom stereocenters. The van der Waals surface area contributed by atoms with Crippen LogP contribution >= 0.6 is 0 Å². The van der Waals surface area contributed by atoms with Crippen molar-refractivity contribution in [2.24, 2.45) is 0 Å². The van der Waals surface area contributed by atoms with Crippen LogP contribution in [0.25, 0.3) is 138 Å². The first-order chi connectivity index (χ1) is 34.7. The molecule has 0 saturated heterocycles. The third-order valence-corrected chi connectivity index (χ3v) is 14.3. The van der Waals surface area contributed by atoms with E-state index in [1.165, 1.54) is 43.7 Å². The molecular weight excluding hydrogens is 855 g/mol. The van der Waals surface area contributed by atoms with E-state index >= 15 is 0 Å². The Hall–Kier alpha value is -9.52. The quantitative estimate of drug-likeness (QED) is 0.167. The molecular formula is C64H39N5O. The topological polar surface area (TPSA) is 53.7 Å². The number of aromatic nitrogens is 5. The smallest absolute Gasteiger partial charge is 0.238 e. The molecule has 0 unspecified atom stereocenters. The van der Waals surface area contributed by atoms with E-state index in [2.05, 4.69) is 244 Å². The maximum atomic E-state index is 6.79. The molecule has 10 aromatic carbocycles. The first kappa shape index (κ1) is 38.6. The van der Waals surface area contributed by atoms with Crippen LogP contribution in [-0.4, -0.2) is 23.7 Å². The SMILES string of the molecule is c1ccc(-c2ccc3c(c2)c2ccccc2n3-c2ccc3oc4nc(-n5c6ccccc6c6cc(-c7ccc8c(c7)c7ccccc7n8-c7ccccc7)ccc65)nc(-c5ccccc5)c4c3c2)cc1. The van der Waals surface area contributed by atoms with Gasteiger partial charge in [0.1, 0.15) is 5.58 Å². The van der Waals surface area contributed by atoms with E-state index in [9.17, 15) is 0 Å². The van der Waals surface area contributed by atoms with Crippen molar-refractivity contribution in [3.63, 3.8) is 0 Å². The standard InChI is InChI=1S/C64H39N5O/c1-4-16-40(17-5-1)42-28-32-58-50(36-42)48-23-11-14-26-55(48)68(58)46-31-35-60-53(39-46)61-62(41-18-6-2-7-19-41)65-64(66-63(61)70-60)69-56-27-15-12-24-49(56)52-38-44(30-34-59(52)69)43-29-33-57-51(37-43)47-22-10-13-25-54(47)67(57)45-20-8-3-9-21-45/h1-39H. The number of nitrogens with zero attached hydrogens (tertiary/aromatic N) is 5. The molecule has 326 valence electrons. The van der Waals surface area contributed by atoms with E-state index in [1.807, 2.05) is 6.07 Å². The molecule has 5 heterocycles. The Labute approximate surface area is 401 Å². The molecule has 0 amide bonds. The highest BCUT2D eigenvalue weighted by atomic mass is 16.3. The number of fused-ring (bicyclic) bond motifs is 12. The number of rotatable bonds is 6. The molecule has 0 aliphatic carbocycles. The largest absolute Gasteiger partial charge is 0.437 e. The van der Waals surface area contributed by atoms with E-state index in [0.29, 0.717) is 11.7 Å². The molecule has 0 radical (unpaired) electrons. The molecule has 0 bridgehead atoms. The maximum Gasteiger partial charge on any atom is 0.238 e. The molecule has 70 heavy (non-hydrogen) atoms. The van der Waals surface area contributed by atoms with Crippen molar-refractivity contribution in [2.75, 3.05) is 0 Å². The Balaban J connectivity index is 0.904. The summed E-state index contributed by atoms with van der Waals surface area (Å²) in [4.78, 5) is 10.8. The van der Waals surface area contributed by atoms with Crippen LogP contribution in [0.5, 0.6) is 0 Å². The van der Waals surface area contributed by atoms with Crippen LogP contribution in [0.3, 0.4) is 0 Å². The molecule has 0 aliphatic rings. The van der Waals surface area contributed by atoms with Gasteiger partial charge in [-0.25, -0.2) is 4.98 Å². The van der Waals surface area contributed by atoms with Crippen molar-refractivity contribution < 1.29 is 4.42 Å². The molecule has 6 nitrogen and oxygen atoms in total. The van der Waals surface area contributed by atoms with Crippen LogP contribution < -0.4 is 0 Å². The number of benzene rings is 10. The maximum absolute atomic E-state index is 6.79. The second-order valence-electron chi connectivity index (χ2n) is 18.2. The van der Waals surface area contributed by atoms with Gasteiger partial charge in [0.15, 0.2) is 0 Å². The van der Waals surface area contributed by atoms with Gasteiger partial charge in [0, 0.05) is 54.6 Å². The first-order valence-corrected chi connectivity index (χ1v) is 23.7. The Morgan fingerprint density at radius 2 is 0.729 bits per heavy atom. The average molecular weight is 894 g/mol. The molecule has 0 spiro atoms. The molecule has 0 aliphatic heterocycles. The summed E-state index contributed by atoms with van der Waals surface area (Å²) in [6.45, 7) is 0. The molecule has 6 heteroatoms. The van der Waals surface area contributed by atoms with Gasteiger partial charge in [-0.3, -0.25) is 4.57 Å². The van der Waals surface area contributed by atoms with E-state index in [-0.39, 0.29) is 0 Å². The van der Waals surface area contributed by atoms with Gasteiger partial charge in [-0.05, 0) is 107 Å². The Bertz CT molecular complexity index is 4580. The van der Waals surface area contributed by atoms with Crippen molar-refractivity contribution in [3.05, 3.63) is 237 Å².